The number of hydrogen-bond donors (Lipinski definition) is 2. The quantitative estimate of drug-likeness (QED) is 0.707. The van der Waals surface area contributed by atoms with Crippen molar-refractivity contribution < 1.29 is 0 Å². The molecular weight excluding hydrogens is 262 g/mol. The molecule has 0 fully saturated rings. The minimum absolute atomic E-state index is 0.171. The number of anilines is 1. The van der Waals surface area contributed by atoms with Crippen LogP contribution in [0.5, 0.6) is 0 Å². The molecule has 0 saturated heterocycles. The number of aryl methyl sites for hydroxylation is 1. The zero-order chi connectivity index (χ0) is 14.8. The molecule has 3 rings (SSSR count). The molecule has 0 unspecified atom stereocenters. The van der Waals surface area contributed by atoms with E-state index in [9.17, 15) is 4.79 Å². The highest BCUT2D eigenvalue weighted by molar-refractivity contribution is 5.66. The molecule has 104 valence electrons. The maximum Gasteiger partial charge on any atom is 0.251 e. The normalized spacial score (nSPS) is 10.5. The second-order valence-electron chi connectivity index (χ2n) is 4.92. The van der Waals surface area contributed by atoms with Crippen LogP contribution in [0.3, 0.4) is 0 Å². The first-order chi connectivity index (χ1) is 10.1. The first-order valence-electron chi connectivity index (χ1n) is 6.67. The molecular formula is C17H15N3O. The molecule has 0 bridgehead atoms. The van der Waals surface area contributed by atoms with Gasteiger partial charge in [0, 0.05) is 22.9 Å². The van der Waals surface area contributed by atoms with Crippen LogP contribution in [0.1, 0.15) is 5.56 Å². The lowest BCUT2D eigenvalue weighted by atomic mass is 10.1. The highest BCUT2D eigenvalue weighted by atomic mass is 16.1. The number of aromatic nitrogens is 2. The molecule has 0 aliphatic rings. The van der Waals surface area contributed by atoms with E-state index in [-0.39, 0.29) is 5.56 Å². The summed E-state index contributed by atoms with van der Waals surface area (Å²) in [6.07, 6.45) is 0. The Morgan fingerprint density at radius 3 is 2.48 bits per heavy atom. The fraction of sp³-hybridized carbons (Fsp3) is 0.0588. The Bertz CT molecular complexity index is 835. The van der Waals surface area contributed by atoms with Crippen molar-refractivity contribution in [3.8, 4) is 22.6 Å². The van der Waals surface area contributed by atoms with Gasteiger partial charge in [-0.15, -0.1) is 0 Å². The Balaban J connectivity index is 2.15. The number of nitrogens with one attached hydrogen (secondary N) is 1. The third-order valence-corrected chi connectivity index (χ3v) is 3.35. The van der Waals surface area contributed by atoms with Gasteiger partial charge in [0.05, 0.1) is 5.69 Å². The van der Waals surface area contributed by atoms with E-state index in [1.165, 1.54) is 6.07 Å². The van der Waals surface area contributed by atoms with Gasteiger partial charge in [0.1, 0.15) is 5.82 Å². The summed E-state index contributed by atoms with van der Waals surface area (Å²) in [4.78, 5) is 19.3. The van der Waals surface area contributed by atoms with Gasteiger partial charge >= 0.3 is 0 Å². The van der Waals surface area contributed by atoms with Crippen LogP contribution in [0.25, 0.3) is 22.6 Å². The number of nitrogen functional groups attached to an aromatic ring is 1. The summed E-state index contributed by atoms with van der Waals surface area (Å²) in [6.45, 7) is 1.99. The van der Waals surface area contributed by atoms with Crippen molar-refractivity contribution in [2.75, 3.05) is 5.73 Å². The molecule has 1 aromatic heterocycles. The summed E-state index contributed by atoms with van der Waals surface area (Å²) in [5, 5.41) is 0. The zero-order valence-electron chi connectivity index (χ0n) is 11.6. The summed E-state index contributed by atoms with van der Waals surface area (Å²) in [5.41, 5.74) is 9.69. The topological polar surface area (TPSA) is 71.8 Å². The molecule has 0 aliphatic heterocycles. The number of aromatic amines is 1. The van der Waals surface area contributed by atoms with Crippen LogP contribution in [-0.4, -0.2) is 9.97 Å². The number of nitrogens with zero attached hydrogens (tertiary/aromatic N) is 1. The molecule has 1 heterocycles. The van der Waals surface area contributed by atoms with Crippen molar-refractivity contribution >= 4 is 5.69 Å². The third kappa shape index (κ3) is 2.69. The second-order valence-corrected chi connectivity index (χ2v) is 4.92. The lowest BCUT2D eigenvalue weighted by molar-refractivity contribution is 1.13. The van der Waals surface area contributed by atoms with Gasteiger partial charge in [0.2, 0.25) is 0 Å². The Hall–Kier alpha value is -2.88. The predicted molar refractivity (Wildman–Crippen MR) is 84.9 cm³/mol. The number of hydrogen-bond acceptors (Lipinski definition) is 3. The standard InChI is InChI=1S/C17H15N3O/c1-11-4-2-3-5-14(11)17-19-15(10-16(21)20-17)12-6-8-13(18)9-7-12/h2-10H,18H2,1H3,(H,19,20,21). The van der Waals surface area contributed by atoms with E-state index in [2.05, 4.69) is 9.97 Å². The molecule has 0 spiro atoms. The molecule has 0 saturated carbocycles. The van der Waals surface area contributed by atoms with Gasteiger partial charge < -0.3 is 10.7 Å². The molecule has 2 aromatic carbocycles. The largest absolute Gasteiger partial charge is 0.399 e. The molecule has 0 radical (unpaired) electrons. The molecule has 3 N–H and O–H groups in total. The predicted octanol–water partition coefficient (Wildman–Crippen LogP) is 2.99. The van der Waals surface area contributed by atoms with E-state index in [1.807, 2.05) is 43.3 Å². The molecule has 4 heteroatoms. The summed E-state index contributed by atoms with van der Waals surface area (Å²) in [6, 6.07) is 16.6. The van der Waals surface area contributed by atoms with Crippen LogP contribution in [0, 0.1) is 6.92 Å². The van der Waals surface area contributed by atoms with Crippen LogP contribution in [0.2, 0.25) is 0 Å². The monoisotopic (exact) mass is 277 g/mol. The van der Waals surface area contributed by atoms with Gasteiger partial charge in [-0.3, -0.25) is 4.79 Å². The van der Waals surface area contributed by atoms with Crippen LogP contribution >= 0.6 is 0 Å². The number of nitrogens with two attached hydrogens (primary N) is 1. The van der Waals surface area contributed by atoms with Gasteiger partial charge in [-0.1, -0.05) is 36.4 Å². The number of rotatable bonds is 2. The van der Waals surface area contributed by atoms with Crippen LogP contribution < -0.4 is 11.3 Å². The SMILES string of the molecule is Cc1ccccc1-c1nc(-c2ccc(N)cc2)cc(=O)[nH]1. The first-order valence-corrected chi connectivity index (χ1v) is 6.67. The highest BCUT2D eigenvalue weighted by Crippen LogP contribution is 2.22. The van der Waals surface area contributed by atoms with E-state index in [4.69, 9.17) is 5.73 Å². The minimum atomic E-state index is -0.171. The van der Waals surface area contributed by atoms with Crippen LogP contribution in [0.4, 0.5) is 5.69 Å². The molecule has 0 aliphatic carbocycles. The van der Waals surface area contributed by atoms with Gasteiger partial charge in [0.25, 0.3) is 5.56 Å². The van der Waals surface area contributed by atoms with Gasteiger partial charge in [-0.05, 0) is 24.6 Å². The van der Waals surface area contributed by atoms with Crippen molar-refractivity contribution in [3.63, 3.8) is 0 Å². The van der Waals surface area contributed by atoms with Crippen molar-refractivity contribution in [2.45, 2.75) is 6.92 Å². The summed E-state index contributed by atoms with van der Waals surface area (Å²) >= 11 is 0. The van der Waals surface area contributed by atoms with E-state index < -0.39 is 0 Å². The fourth-order valence-electron chi connectivity index (χ4n) is 2.23. The molecule has 4 nitrogen and oxygen atoms in total. The lowest BCUT2D eigenvalue weighted by Crippen LogP contribution is -2.09. The average Bonchev–Trinajstić information content (AvgIpc) is 2.48. The second kappa shape index (κ2) is 5.25. The van der Waals surface area contributed by atoms with E-state index in [0.717, 1.165) is 16.7 Å². The Labute approximate surface area is 122 Å². The lowest BCUT2D eigenvalue weighted by Gasteiger charge is -2.07. The number of H-pyrrole nitrogens is 1. The first kappa shape index (κ1) is 13.1. The van der Waals surface area contributed by atoms with Gasteiger partial charge in [-0.2, -0.15) is 0 Å². The smallest absolute Gasteiger partial charge is 0.251 e. The Kier molecular flexibility index (Phi) is 3.28. The van der Waals surface area contributed by atoms with Crippen molar-refractivity contribution in [2.24, 2.45) is 0 Å². The maximum atomic E-state index is 11.9. The molecule has 0 atom stereocenters. The Morgan fingerprint density at radius 2 is 1.76 bits per heavy atom. The summed E-state index contributed by atoms with van der Waals surface area (Å²) in [7, 11) is 0. The Morgan fingerprint density at radius 1 is 1.05 bits per heavy atom. The van der Waals surface area contributed by atoms with Crippen LogP contribution in [0.15, 0.2) is 59.4 Å². The number of benzene rings is 2. The molecule has 3 aromatic rings. The fourth-order valence-corrected chi connectivity index (χ4v) is 2.23. The summed E-state index contributed by atoms with van der Waals surface area (Å²) < 4.78 is 0. The van der Waals surface area contributed by atoms with E-state index in [1.54, 1.807) is 12.1 Å². The third-order valence-electron chi connectivity index (χ3n) is 3.35. The van der Waals surface area contributed by atoms with Crippen molar-refractivity contribution in [1.82, 2.24) is 9.97 Å². The maximum absolute atomic E-state index is 11.9. The van der Waals surface area contributed by atoms with Gasteiger partial charge in [-0.25, -0.2) is 4.98 Å². The van der Waals surface area contributed by atoms with E-state index in [0.29, 0.717) is 17.2 Å². The van der Waals surface area contributed by atoms with Crippen LogP contribution in [-0.2, 0) is 0 Å². The highest BCUT2D eigenvalue weighted by Gasteiger charge is 2.07. The average molecular weight is 277 g/mol. The van der Waals surface area contributed by atoms with Crippen molar-refractivity contribution in [3.05, 3.63) is 70.5 Å². The van der Waals surface area contributed by atoms with Crippen molar-refractivity contribution in [1.29, 1.82) is 0 Å². The van der Waals surface area contributed by atoms with Gasteiger partial charge in [0.15, 0.2) is 0 Å². The molecule has 21 heavy (non-hydrogen) atoms. The minimum Gasteiger partial charge on any atom is -0.399 e. The zero-order valence-corrected chi connectivity index (χ0v) is 11.6. The molecule has 0 amide bonds. The van der Waals surface area contributed by atoms with E-state index >= 15 is 0 Å². The summed E-state index contributed by atoms with van der Waals surface area (Å²) in [5.74, 6) is 0.576.